The number of rotatable bonds is 5. The number of hydrogen-bond acceptors (Lipinski definition) is 8. The summed E-state index contributed by atoms with van der Waals surface area (Å²) in [5.74, 6) is -0.460. The fourth-order valence-electron chi connectivity index (χ4n) is 8.09. The molecule has 0 unspecified atom stereocenters. The van der Waals surface area contributed by atoms with Crippen LogP contribution in [0.2, 0.25) is 0 Å². The molecule has 43 heavy (non-hydrogen) atoms. The molecule has 0 amide bonds. The number of phenols is 1. The van der Waals surface area contributed by atoms with Gasteiger partial charge in [-0.3, -0.25) is 9.88 Å². The number of aliphatic hydroxyl groups is 1. The predicted molar refractivity (Wildman–Crippen MR) is 155 cm³/mol. The van der Waals surface area contributed by atoms with Crippen molar-refractivity contribution in [2.24, 2.45) is 11.8 Å². The molecule has 4 aliphatic rings. The van der Waals surface area contributed by atoms with Gasteiger partial charge in [0, 0.05) is 43.7 Å². The minimum atomic E-state index is -0.913. The third-order valence-corrected chi connectivity index (χ3v) is 10.0. The number of phenolic OH excluding ortho intramolecular Hbond substituents is 1. The van der Waals surface area contributed by atoms with E-state index in [4.69, 9.17) is 9.72 Å². The van der Waals surface area contributed by atoms with Gasteiger partial charge in [0.15, 0.2) is 5.82 Å². The molecule has 2 aromatic carbocycles. The summed E-state index contributed by atoms with van der Waals surface area (Å²) in [5, 5.41) is 22.3. The Morgan fingerprint density at radius 2 is 1.93 bits per heavy atom. The molecule has 2 bridgehead atoms. The van der Waals surface area contributed by atoms with Crippen molar-refractivity contribution in [3.05, 3.63) is 48.2 Å². The molecule has 8 nitrogen and oxygen atoms in total. The smallest absolute Gasteiger partial charge is 0.319 e. The standard InChI is InChI=1S/C32H32F3N5O3/c33-20-2-3-23-18(8-20)9-22(41)10-24(23)28-27(35)29-25(12-36-28)30(39-13-17-6-19(14-39)26(42)7-17)38-31(37-29)43-16-32-4-1-5-40(32)15-21(34)11-32/h2-3,8-10,12,17,19,21,26,41-42H,1,4-7,11,13-16H2/t17-,19-,21-,26-,32+/m1/s1. The second-order valence-corrected chi connectivity index (χ2v) is 12.8. The Bertz CT molecular complexity index is 1750. The topological polar surface area (TPSA) is 94.8 Å². The summed E-state index contributed by atoms with van der Waals surface area (Å²) in [7, 11) is 0. The van der Waals surface area contributed by atoms with Gasteiger partial charge in [-0.2, -0.15) is 9.97 Å². The zero-order valence-corrected chi connectivity index (χ0v) is 23.5. The van der Waals surface area contributed by atoms with Crippen LogP contribution in [0.25, 0.3) is 32.9 Å². The summed E-state index contributed by atoms with van der Waals surface area (Å²) in [6, 6.07) is 6.92. The number of hydrogen-bond donors (Lipinski definition) is 2. The third kappa shape index (κ3) is 4.47. The summed E-state index contributed by atoms with van der Waals surface area (Å²) in [6.07, 6.45) is 4.05. The molecule has 4 aromatic rings. The van der Waals surface area contributed by atoms with Crippen molar-refractivity contribution in [2.75, 3.05) is 37.7 Å². The Morgan fingerprint density at radius 3 is 2.79 bits per heavy atom. The number of aromatic hydroxyl groups is 1. The molecule has 5 atom stereocenters. The van der Waals surface area contributed by atoms with Crippen LogP contribution in [0.1, 0.15) is 32.1 Å². The van der Waals surface area contributed by atoms with E-state index in [0.29, 0.717) is 59.5 Å². The van der Waals surface area contributed by atoms with Crippen molar-refractivity contribution in [1.82, 2.24) is 19.9 Å². The lowest BCUT2D eigenvalue weighted by Gasteiger charge is -2.34. The molecule has 3 saturated heterocycles. The number of ether oxygens (including phenoxy) is 1. The van der Waals surface area contributed by atoms with Crippen LogP contribution in [0.3, 0.4) is 0 Å². The molecule has 2 aromatic heterocycles. The summed E-state index contributed by atoms with van der Waals surface area (Å²) in [4.78, 5) is 18.0. The number of anilines is 1. The van der Waals surface area contributed by atoms with Crippen LogP contribution >= 0.6 is 0 Å². The zero-order valence-electron chi connectivity index (χ0n) is 23.5. The van der Waals surface area contributed by atoms with Crippen molar-refractivity contribution >= 4 is 27.5 Å². The molecule has 0 radical (unpaired) electrons. The highest BCUT2D eigenvalue weighted by Gasteiger charge is 2.49. The molecule has 4 fully saturated rings. The van der Waals surface area contributed by atoms with Crippen molar-refractivity contribution in [3.8, 4) is 23.0 Å². The number of nitrogens with zero attached hydrogens (tertiary/aromatic N) is 5. The maximum absolute atomic E-state index is 16.6. The Kier molecular flexibility index (Phi) is 6.20. The Morgan fingerprint density at radius 1 is 1.05 bits per heavy atom. The molecule has 8 rings (SSSR count). The van der Waals surface area contributed by atoms with Crippen LogP contribution in [-0.2, 0) is 0 Å². The number of aliphatic hydroxyl groups excluding tert-OH is 1. The Hall–Kier alpha value is -3.70. The monoisotopic (exact) mass is 591 g/mol. The number of fused-ring (bicyclic) bond motifs is 5. The largest absolute Gasteiger partial charge is 0.508 e. The molecule has 5 heterocycles. The van der Waals surface area contributed by atoms with Gasteiger partial charge in [-0.05, 0) is 73.2 Å². The number of piperidine rings is 1. The number of pyridine rings is 1. The van der Waals surface area contributed by atoms with E-state index < -0.39 is 23.3 Å². The van der Waals surface area contributed by atoms with Crippen LogP contribution in [0.5, 0.6) is 11.8 Å². The predicted octanol–water partition coefficient (Wildman–Crippen LogP) is 4.99. The van der Waals surface area contributed by atoms with Crippen LogP contribution in [0.15, 0.2) is 36.5 Å². The van der Waals surface area contributed by atoms with Gasteiger partial charge in [0.2, 0.25) is 0 Å². The van der Waals surface area contributed by atoms with Crippen LogP contribution < -0.4 is 9.64 Å². The quantitative estimate of drug-likeness (QED) is 0.335. The van der Waals surface area contributed by atoms with Gasteiger partial charge in [-0.1, -0.05) is 6.07 Å². The van der Waals surface area contributed by atoms with Gasteiger partial charge in [0.05, 0.1) is 17.0 Å². The summed E-state index contributed by atoms with van der Waals surface area (Å²) in [5.41, 5.74) is -0.153. The third-order valence-electron chi connectivity index (χ3n) is 10.0. The van der Waals surface area contributed by atoms with Gasteiger partial charge in [0.25, 0.3) is 0 Å². The van der Waals surface area contributed by atoms with Gasteiger partial charge in [-0.15, -0.1) is 0 Å². The number of alkyl halides is 1. The van der Waals surface area contributed by atoms with E-state index in [2.05, 4.69) is 19.8 Å². The van der Waals surface area contributed by atoms with Gasteiger partial charge in [-0.25, -0.2) is 13.2 Å². The van der Waals surface area contributed by atoms with E-state index in [1.165, 1.54) is 36.5 Å². The summed E-state index contributed by atoms with van der Waals surface area (Å²) < 4.78 is 51.2. The Balaban J connectivity index is 1.25. The number of halogens is 3. The fourth-order valence-corrected chi connectivity index (χ4v) is 8.09. The molecule has 11 heteroatoms. The molecule has 0 spiro atoms. The fraction of sp³-hybridized carbons (Fsp3) is 0.469. The summed E-state index contributed by atoms with van der Waals surface area (Å²) >= 11 is 0. The Labute approximate surface area is 246 Å². The lowest BCUT2D eigenvalue weighted by atomic mass is 9.95. The molecular formula is C32H32F3N5O3. The average molecular weight is 592 g/mol. The lowest BCUT2D eigenvalue weighted by Crippen LogP contribution is -2.43. The van der Waals surface area contributed by atoms with Crippen LogP contribution in [-0.4, -0.2) is 80.7 Å². The minimum Gasteiger partial charge on any atom is -0.508 e. The first-order chi connectivity index (χ1) is 20.8. The number of aromatic nitrogens is 3. The SMILES string of the molecule is Oc1cc(-c2ncc3c(N4C[C@@H]5C[C@H](C4)[C@H](O)C5)nc(OC[C@@]45CCCN4C[C@H](F)C5)nc3c2F)c2ccc(F)cc2c1. The van der Waals surface area contributed by atoms with Gasteiger partial charge in [0.1, 0.15) is 41.4 Å². The van der Waals surface area contributed by atoms with Crippen molar-refractivity contribution in [3.63, 3.8) is 0 Å². The molecule has 1 saturated carbocycles. The lowest BCUT2D eigenvalue weighted by molar-refractivity contribution is 0.107. The minimum absolute atomic E-state index is 0.00314. The highest BCUT2D eigenvalue weighted by atomic mass is 19.1. The highest BCUT2D eigenvalue weighted by Crippen LogP contribution is 2.43. The van der Waals surface area contributed by atoms with E-state index in [0.717, 1.165) is 32.2 Å². The van der Waals surface area contributed by atoms with E-state index in [1.807, 2.05) is 0 Å². The number of benzene rings is 2. The van der Waals surface area contributed by atoms with E-state index >= 15 is 4.39 Å². The molecule has 224 valence electrons. The van der Waals surface area contributed by atoms with Gasteiger partial charge < -0.3 is 19.8 Å². The summed E-state index contributed by atoms with van der Waals surface area (Å²) in [6.45, 7) is 2.63. The van der Waals surface area contributed by atoms with Crippen molar-refractivity contribution < 1.29 is 28.1 Å². The molecule has 1 aliphatic carbocycles. The molecule has 2 N–H and O–H groups in total. The average Bonchev–Trinajstić information content (AvgIpc) is 3.59. The highest BCUT2D eigenvalue weighted by molar-refractivity contribution is 6.00. The van der Waals surface area contributed by atoms with Gasteiger partial charge >= 0.3 is 6.01 Å². The molecular weight excluding hydrogens is 559 g/mol. The maximum Gasteiger partial charge on any atom is 0.319 e. The van der Waals surface area contributed by atoms with E-state index in [9.17, 15) is 19.0 Å². The second-order valence-electron chi connectivity index (χ2n) is 12.8. The first-order valence-electron chi connectivity index (χ1n) is 15.0. The second kappa shape index (κ2) is 9.92. The first-order valence-corrected chi connectivity index (χ1v) is 15.0. The first kappa shape index (κ1) is 26.9. The zero-order chi connectivity index (χ0) is 29.5. The van der Waals surface area contributed by atoms with Crippen LogP contribution in [0.4, 0.5) is 19.0 Å². The van der Waals surface area contributed by atoms with Crippen molar-refractivity contribution in [2.45, 2.75) is 49.9 Å². The van der Waals surface area contributed by atoms with E-state index in [1.54, 1.807) is 0 Å². The van der Waals surface area contributed by atoms with Crippen LogP contribution in [0, 0.1) is 23.5 Å². The van der Waals surface area contributed by atoms with Crippen molar-refractivity contribution in [1.29, 1.82) is 0 Å². The maximum atomic E-state index is 16.6. The molecule has 3 aliphatic heterocycles. The van der Waals surface area contributed by atoms with E-state index in [-0.39, 0.29) is 41.6 Å². The normalized spacial score (nSPS) is 28.7.